The maximum absolute atomic E-state index is 12.2. The van der Waals surface area contributed by atoms with Gasteiger partial charge in [-0.1, -0.05) is 6.07 Å². The van der Waals surface area contributed by atoms with Gasteiger partial charge in [-0.25, -0.2) is 0 Å². The highest BCUT2D eigenvalue weighted by Crippen LogP contribution is 2.20. The van der Waals surface area contributed by atoms with Crippen LogP contribution < -0.4 is 4.90 Å². The van der Waals surface area contributed by atoms with Gasteiger partial charge in [0.15, 0.2) is 0 Å². The second-order valence-electron chi connectivity index (χ2n) is 6.21. The van der Waals surface area contributed by atoms with Crippen molar-refractivity contribution in [1.82, 2.24) is 4.90 Å². The Balaban J connectivity index is 1.49. The Morgan fingerprint density at radius 2 is 1.71 bits per heavy atom. The number of likely N-dealkylation sites (tertiary alicyclic amines) is 1. The quantitative estimate of drug-likeness (QED) is 0.849. The highest BCUT2D eigenvalue weighted by Gasteiger charge is 2.16. The van der Waals surface area contributed by atoms with E-state index in [0.717, 1.165) is 25.1 Å². The molecule has 21 heavy (non-hydrogen) atoms. The van der Waals surface area contributed by atoms with Crippen molar-refractivity contribution in [2.24, 2.45) is 0 Å². The molecule has 3 nitrogen and oxygen atoms in total. The number of carbonyl (C=O) groups is 1. The van der Waals surface area contributed by atoms with Gasteiger partial charge in [-0.05, 0) is 62.3 Å². The van der Waals surface area contributed by atoms with Gasteiger partial charge in [-0.15, -0.1) is 0 Å². The fraction of sp³-hybridized carbons (Fsp3) is 0.611. The van der Waals surface area contributed by atoms with Crippen molar-refractivity contribution in [1.29, 1.82) is 0 Å². The molecule has 0 N–H and O–H groups in total. The van der Waals surface area contributed by atoms with Crippen molar-refractivity contribution in [3.63, 3.8) is 0 Å². The molecule has 0 bridgehead atoms. The molecule has 0 atom stereocenters. The molecule has 1 amide bonds. The lowest BCUT2D eigenvalue weighted by Crippen LogP contribution is -2.35. The van der Waals surface area contributed by atoms with Crippen molar-refractivity contribution in [3.05, 3.63) is 29.8 Å². The first kappa shape index (κ1) is 14.4. The van der Waals surface area contributed by atoms with E-state index < -0.39 is 0 Å². The summed E-state index contributed by atoms with van der Waals surface area (Å²) in [4.78, 5) is 16.6. The molecule has 2 fully saturated rings. The van der Waals surface area contributed by atoms with E-state index in [2.05, 4.69) is 29.2 Å². The number of hydrogen-bond donors (Lipinski definition) is 0. The molecule has 1 aromatic carbocycles. The van der Waals surface area contributed by atoms with Crippen LogP contribution in [0.5, 0.6) is 0 Å². The lowest BCUT2D eigenvalue weighted by Gasteiger charge is -2.26. The van der Waals surface area contributed by atoms with Crippen molar-refractivity contribution in [2.45, 2.75) is 44.9 Å². The number of aryl methyl sites for hydroxylation is 1. The number of anilines is 1. The number of benzene rings is 1. The highest BCUT2D eigenvalue weighted by atomic mass is 16.2. The van der Waals surface area contributed by atoms with E-state index in [9.17, 15) is 4.79 Å². The van der Waals surface area contributed by atoms with Crippen LogP contribution in [0.1, 0.15) is 44.1 Å². The van der Waals surface area contributed by atoms with Crippen molar-refractivity contribution in [2.75, 3.05) is 31.1 Å². The maximum atomic E-state index is 12.2. The van der Waals surface area contributed by atoms with Gasteiger partial charge in [-0.2, -0.15) is 0 Å². The van der Waals surface area contributed by atoms with Crippen LogP contribution in [0.25, 0.3) is 0 Å². The Morgan fingerprint density at radius 1 is 1.00 bits per heavy atom. The molecule has 2 saturated heterocycles. The van der Waals surface area contributed by atoms with Gasteiger partial charge in [0, 0.05) is 38.3 Å². The van der Waals surface area contributed by atoms with E-state index >= 15 is 0 Å². The first-order chi connectivity index (χ1) is 10.3. The van der Waals surface area contributed by atoms with E-state index in [1.165, 1.54) is 50.9 Å². The van der Waals surface area contributed by atoms with Crippen LogP contribution in [0.4, 0.5) is 5.69 Å². The third-order valence-electron chi connectivity index (χ3n) is 4.65. The molecule has 0 aromatic heterocycles. The van der Waals surface area contributed by atoms with Crippen LogP contribution in [0.15, 0.2) is 18.2 Å². The molecule has 2 aliphatic heterocycles. The third kappa shape index (κ3) is 3.78. The fourth-order valence-electron chi connectivity index (χ4n) is 3.32. The number of amides is 1. The van der Waals surface area contributed by atoms with Crippen LogP contribution >= 0.6 is 0 Å². The Hall–Kier alpha value is -1.51. The van der Waals surface area contributed by atoms with E-state index in [-0.39, 0.29) is 0 Å². The summed E-state index contributed by atoms with van der Waals surface area (Å²) in [5.74, 6) is 0.312. The zero-order chi connectivity index (χ0) is 14.5. The van der Waals surface area contributed by atoms with E-state index in [1.807, 2.05) is 4.90 Å². The Kier molecular flexibility index (Phi) is 4.79. The Labute approximate surface area is 127 Å². The smallest absolute Gasteiger partial charge is 0.222 e. The number of carbonyl (C=O) groups excluding carboxylic acids is 1. The normalized spacial score (nSPS) is 19.0. The van der Waals surface area contributed by atoms with Gasteiger partial charge in [0.1, 0.15) is 0 Å². The van der Waals surface area contributed by atoms with Gasteiger partial charge in [0.05, 0.1) is 0 Å². The summed E-state index contributed by atoms with van der Waals surface area (Å²) in [6.45, 7) is 4.24. The molecule has 3 rings (SSSR count). The predicted molar refractivity (Wildman–Crippen MR) is 85.5 cm³/mol. The van der Waals surface area contributed by atoms with Crippen LogP contribution in [-0.2, 0) is 11.2 Å². The molecule has 0 unspecified atom stereocenters. The first-order valence-corrected chi connectivity index (χ1v) is 8.36. The second-order valence-corrected chi connectivity index (χ2v) is 6.21. The van der Waals surface area contributed by atoms with Crippen LogP contribution in [0, 0.1) is 6.07 Å². The lowest BCUT2D eigenvalue weighted by atomic mass is 10.1. The van der Waals surface area contributed by atoms with Crippen LogP contribution in [-0.4, -0.2) is 37.0 Å². The van der Waals surface area contributed by atoms with Crippen molar-refractivity contribution >= 4 is 11.6 Å². The minimum atomic E-state index is 0.312. The molecule has 2 heterocycles. The molecule has 0 saturated carbocycles. The molecule has 3 heteroatoms. The molecule has 113 valence electrons. The molecule has 1 aromatic rings. The number of piperidine rings is 1. The predicted octanol–water partition coefficient (Wildman–Crippen LogP) is 3.03. The minimum Gasteiger partial charge on any atom is -0.372 e. The topological polar surface area (TPSA) is 23.6 Å². The highest BCUT2D eigenvalue weighted by molar-refractivity contribution is 5.76. The summed E-state index contributed by atoms with van der Waals surface area (Å²) in [5.41, 5.74) is 2.43. The SMILES string of the molecule is O=C(CCc1[c]cc(N2CCCC2)cc1)N1CCCCC1. The summed E-state index contributed by atoms with van der Waals surface area (Å²) in [6, 6.07) is 9.77. The summed E-state index contributed by atoms with van der Waals surface area (Å²) in [6.07, 6.45) is 7.65. The molecule has 0 aliphatic carbocycles. The Bertz CT molecular complexity index is 457. The standard InChI is InChI=1S/C18H25N2O/c21-18(20-14-2-1-3-15-20)11-8-16-6-9-17(10-7-16)19-12-4-5-13-19/h6,9-10H,1-5,8,11-15H2. The number of hydrogen-bond acceptors (Lipinski definition) is 2. The molecular weight excluding hydrogens is 260 g/mol. The third-order valence-corrected chi connectivity index (χ3v) is 4.65. The van der Waals surface area contributed by atoms with Gasteiger partial charge in [0.2, 0.25) is 5.91 Å². The minimum absolute atomic E-state index is 0.312. The van der Waals surface area contributed by atoms with E-state index in [4.69, 9.17) is 0 Å². The first-order valence-electron chi connectivity index (χ1n) is 8.36. The average Bonchev–Trinajstić information content (AvgIpc) is 3.08. The molecule has 1 radical (unpaired) electrons. The van der Waals surface area contributed by atoms with Crippen LogP contribution in [0.3, 0.4) is 0 Å². The fourth-order valence-corrected chi connectivity index (χ4v) is 3.32. The summed E-state index contributed by atoms with van der Waals surface area (Å²) >= 11 is 0. The average molecular weight is 285 g/mol. The summed E-state index contributed by atoms with van der Waals surface area (Å²) in [5, 5.41) is 0. The van der Waals surface area contributed by atoms with Crippen LogP contribution in [0.2, 0.25) is 0 Å². The largest absolute Gasteiger partial charge is 0.372 e. The molecule has 2 aliphatic rings. The van der Waals surface area contributed by atoms with Gasteiger partial charge >= 0.3 is 0 Å². The maximum Gasteiger partial charge on any atom is 0.222 e. The lowest BCUT2D eigenvalue weighted by molar-refractivity contribution is -0.132. The summed E-state index contributed by atoms with van der Waals surface area (Å²) in [7, 11) is 0. The van der Waals surface area contributed by atoms with Gasteiger partial charge in [-0.3, -0.25) is 4.79 Å². The molecular formula is C18H25N2O. The molecule has 0 spiro atoms. The zero-order valence-corrected chi connectivity index (χ0v) is 12.8. The monoisotopic (exact) mass is 285 g/mol. The van der Waals surface area contributed by atoms with E-state index in [1.54, 1.807) is 0 Å². The van der Waals surface area contributed by atoms with Gasteiger partial charge < -0.3 is 9.80 Å². The second kappa shape index (κ2) is 6.97. The number of nitrogens with zero attached hydrogens (tertiary/aromatic N) is 2. The summed E-state index contributed by atoms with van der Waals surface area (Å²) < 4.78 is 0. The Morgan fingerprint density at radius 3 is 2.38 bits per heavy atom. The zero-order valence-electron chi connectivity index (χ0n) is 12.8. The number of rotatable bonds is 4. The van der Waals surface area contributed by atoms with Crippen molar-refractivity contribution in [3.8, 4) is 0 Å². The van der Waals surface area contributed by atoms with Crippen molar-refractivity contribution < 1.29 is 4.79 Å². The van der Waals surface area contributed by atoms with E-state index in [0.29, 0.717) is 12.3 Å². The van der Waals surface area contributed by atoms with Gasteiger partial charge in [0.25, 0.3) is 0 Å².